The fourth-order valence-corrected chi connectivity index (χ4v) is 5.09. The van der Waals surface area contributed by atoms with Crippen LogP contribution < -0.4 is 0 Å². The summed E-state index contributed by atoms with van der Waals surface area (Å²) in [6, 6.07) is 8.58. The van der Waals surface area contributed by atoms with Gasteiger partial charge in [0.25, 0.3) is 5.91 Å². The van der Waals surface area contributed by atoms with E-state index in [1.807, 2.05) is 16.7 Å². The molecule has 1 fully saturated rings. The van der Waals surface area contributed by atoms with Gasteiger partial charge in [-0.1, -0.05) is 42.1 Å². The fourth-order valence-electron chi connectivity index (χ4n) is 3.08. The Labute approximate surface area is 151 Å². The van der Waals surface area contributed by atoms with Crippen LogP contribution in [0.5, 0.6) is 0 Å². The Kier molecular flexibility index (Phi) is 5.89. The summed E-state index contributed by atoms with van der Waals surface area (Å²) < 4.78 is 3.99. The van der Waals surface area contributed by atoms with Gasteiger partial charge in [0.05, 0.1) is 5.69 Å². The normalized spacial score (nSPS) is 18.4. The highest BCUT2D eigenvalue weighted by atomic mass is 32.2. The predicted molar refractivity (Wildman–Crippen MR) is 101 cm³/mol. The number of hydrogen-bond donors (Lipinski definition) is 0. The molecule has 1 atom stereocenters. The largest absolute Gasteiger partial charge is 0.337 e. The lowest BCUT2D eigenvalue weighted by Gasteiger charge is -2.20. The van der Waals surface area contributed by atoms with E-state index in [1.165, 1.54) is 22.7 Å². The molecule has 1 amide bonds. The lowest BCUT2D eigenvalue weighted by molar-refractivity contribution is 0.0770. The maximum Gasteiger partial charge on any atom is 0.267 e. The summed E-state index contributed by atoms with van der Waals surface area (Å²) in [6.07, 6.45) is 2.81. The van der Waals surface area contributed by atoms with Crippen LogP contribution >= 0.6 is 23.3 Å². The number of aryl methyl sites for hydroxylation is 2. The lowest BCUT2D eigenvalue weighted by atomic mass is 10.0. The highest BCUT2D eigenvalue weighted by Crippen LogP contribution is 2.36. The van der Waals surface area contributed by atoms with Crippen LogP contribution in [0.2, 0.25) is 0 Å². The van der Waals surface area contributed by atoms with Crippen molar-refractivity contribution in [3.05, 3.63) is 46.0 Å². The van der Waals surface area contributed by atoms with Crippen molar-refractivity contribution in [1.82, 2.24) is 14.5 Å². The SMILES string of the molecule is CCCc1nnsc1C(=O)N1CCSC(c2ccccc2C)CC1. The zero-order chi connectivity index (χ0) is 16.9. The number of hydrogen-bond acceptors (Lipinski definition) is 5. The van der Waals surface area contributed by atoms with E-state index in [9.17, 15) is 4.79 Å². The van der Waals surface area contributed by atoms with Crippen molar-refractivity contribution in [2.45, 2.75) is 38.4 Å². The van der Waals surface area contributed by atoms with Gasteiger partial charge >= 0.3 is 0 Å². The molecule has 6 heteroatoms. The summed E-state index contributed by atoms with van der Waals surface area (Å²) in [7, 11) is 0. The Morgan fingerprint density at radius 3 is 2.96 bits per heavy atom. The number of carbonyl (C=O) groups is 1. The summed E-state index contributed by atoms with van der Waals surface area (Å²) in [5.41, 5.74) is 3.61. The van der Waals surface area contributed by atoms with Crippen LogP contribution in [0.15, 0.2) is 24.3 Å². The van der Waals surface area contributed by atoms with E-state index < -0.39 is 0 Å². The zero-order valence-electron chi connectivity index (χ0n) is 14.2. The van der Waals surface area contributed by atoms with Gasteiger partial charge in [-0.2, -0.15) is 11.8 Å². The number of rotatable bonds is 4. The van der Waals surface area contributed by atoms with Gasteiger partial charge in [-0.3, -0.25) is 4.79 Å². The van der Waals surface area contributed by atoms with Gasteiger partial charge in [-0.15, -0.1) is 5.10 Å². The molecule has 128 valence electrons. The first kappa shape index (κ1) is 17.4. The molecule has 1 saturated heterocycles. The quantitative estimate of drug-likeness (QED) is 0.822. The first-order valence-electron chi connectivity index (χ1n) is 8.48. The smallest absolute Gasteiger partial charge is 0.267 e. The van der Waals surface area contributed by atoms with Crippen LogP contribution in [0.3, 0.4) is 0 Å². The van der Waals surface area contributed by atoms with Crippen molar-refractivity contribution in [2.75, 3.05) is 18.8 Å². The van der Waals surface area contributed by atoms with Crippen LogP contribution in [0.1, 0.15) is 51.5 Å². The first-order valence-corrected chi connectivity index (χ1v) is 10.3. The Morgan fingerprint density at radius 1 is 1.33 bits per heavy atom. The Morgan fingerprint density at radius 2 is 2.17 bits per heavy atom. The molecule has 1 unspecified atom stereocenters. The molecule has 0 spiro atoms. The summed E-state index contributed by atoms with van der Waals surface area (Å²) in [5.74, 6) is 1.08. The van der Waals surface area contributed by atoms with Gasteiger partial charge in [0, 0.05) is 24.1 Å². The Hall–Kier alpha value is -1.40. The monoisotopic (exact) mass is 361 g/mol. The molecule has 0 bridgehead atoms. The number of nitrogens with zero attached hydrogens (tertiary/aromatic N) is 3. The first-order chi connectivity index (χ1) is 11.7. The molecule has 4 nitrogen and oxygen atoms in total. The van der Waals surface area contributed by atoms with Crippen molar-refractivity contribution in [3.63, 3.8) is 0 Å². The minimum atomic E-state index is 0.111. The molecular weight excluding hydrogens is 338 g/mol. The third-order valence-electron chi connectivity index (χ3n) is 4.40. The minimum absolute atomic E-state index is 0.111. The molecule has 2 aromatic rings. The number of amides is 1. The summed E-state index contributed by atoms with van der Waals surface area (Å²) in [5, 5.41) is 4.61. The van der Waals surface area contributed by atoms with Crippen molar-refractivity contribution in [1.29, 1.82) is 0 Å². The number of aromatic nitrogens is 2. The van der Waals surface area contributed by atoms with Gasteiger partial charge in [-0.05, 0) is 42.4 Å². The minimum Gasteiger partial charge on any atom is -0.337 e. The second kappa shape index (κ2) is 8.12. The molecule has 3 rings (SSSR count). The van der Waals surface area contributed by atoms with E-state index >= 15 is 0 Å². The van der Waals surface area contributed by atoms with Gasteiger partial charge < -0.3 is 4.90 Å². The second-order valence-corrected chi connectivity index (χ2v) is 8.16. The number of benzene rings is 1. The molecular formula is C18H23N3OS2. The van der Waals surface area contributed by atoms with Gasteiger partial charge in [0.15, 0.2) is 0 Å². The van der Waals surface area contributed by atoms with E-state index in [2.05, 4.69) is 47.7 Å². The fraction of sp³-hybridized carbons (Fsp3) is 0.500. The summed E-state index contributed by atoms with van der Waals surface area (Å²) >= 11 is 3.20. The molecule has 0 saturated carbocycles. The predicted octanol–water partition coefficient (Wildman–Crippen LogP) is 4.12. The average molecular weight is 362 g/mol. The third kappa shape index (κ3) is 3.81. The number of carbonyl (C=O) groups excluding carboxylic acids is 1. The molecule has 2 heterocycles. The maximum absolute atomic E-state index is 12.9. The molecule has 1 aromatic carbocycles. The molecule has 0 aliphatic carbocycles. The van der Waals surface area contributed by atoms with Crippen LogP contribution in [0.25, 0.3) is 0 Å². The molecule has 1 aliphatic heterocycles. The van der Waals surface area contributed by atoms with Gasteiger partial charge in [0.1, 0.15) is 4.88 Å². The summed E-state index contributed by atoms with van der Waals surface area (Å²) in [4.78, 5) is 15.6. The van der Waals surface area contributed by atoms with Gasteiger partial charge in [0.2, 0.25) is 0 Å². The Balaban J connectivity index is 1.70. The molecule has 1 aliphatic rings. The third-order valence-corrected chi connectivity index (χ3v) is 6.47. The number of thioether (sulfide) groups is 1. The molecule has 0 radical (unpaired) electrons. The van der Waals surface area contributed by atoms with E-state index in [4.69, 9.17) is 0 Å². The lowest BCUT2D eigenvalue weighted by Crippen LogP contribution is -2.33. The maximum atomic E-state index is 12.9. The highest BCUT2D eigenvalue weighted by Gasteiger charge is 2.26. The van der Waals surface area contributed by atoms with Crippen LogP contribution in [-0.2, 0) is 6.42 Å². The second-order valence-electron chi connectivity index (χ2n) is 6.10. The van der Waals surface area contributed by atoms with Crippen LogP contribution in [0, 0.1) is 6.92 Å². The average Bonchev–Trinajstić information content (AvgIpc) is 2.90. The van der Waals surface area contributed by atoms with E-state index in [0.717, 1.165) is 48.7 Å². The van der Waals surface area contributed by atoms with Crippen molar-refractivity contribution in [3.8, 4) is 0 Å². The van der Waals surface area contributed by atoms with Crippen molar-refractivity contribution >= 4 is 29.2 Å². The zero-order valence-corrected chi connectivity index (χ0v) is 15.8. The van der Waals surface area contributed by atoms with Crippen LogP contribution in [0.4, 0.5) is 0 Å². The summed E-state index contributed by atoms with van der Waals surface area (Å²) in [6.45, 7) is 5.87. The molecule has 1 aromatic heterocycles. The highest BCUT2D eigenvalue weighted by molar-refractivity contribution is 7.99. The van der Waals surface area contributed by atoms with E-state index in [1.54, 1.807) is 0 Å². The Bertz CT molecular complexity index is 701. The van der Waals surface area contributed by atoms with E-state index in [-0.39, 0.29) is 5.91 Å². The van der Waals surface area contributed by atoms with Crippen molar-refractivity contribution < 1.29 is 4.79 Å². The standard InChI is InChI=1S/C18H23N3OS2/c1-3-6-15-17(24-20-19-15)18(22)21-10-9-16(23-12-11-21)14-8-5-4-7-13(14)2/h4-5,7-8,16H,3,6,9-12H2,1-2H3. The topological polar surface area (TPSA) is 46.1 Å². The van der Waals surface area contributed by atoms with Crippen molar-refractivity contribution in [2.24, 2.45) is 0 Å². The molecule has 0 N–H and O–H groups in total. The van der Waals surface area contributed by atoms with Gasteiger partial charge in [-0.25, -0.2) is 0 Å². The van der Waals surface area contributed by atoms with Crippen LogP contribution in [-0.4, -0.2) is 39.2 Å². The molecule has 24 heavy (non-hydrogen) atoms. The van der Waals surface area contributed by atoms with E-state index in [0.29, 0.717) is 5.25 Å².